The van der Waals surface area contributed by atoms with Gasteiger partial charge in [-0.2, -0.15) is 0 Å². The first kappa shape index (κ1) is 21.3. The number of aryl methyl sites for hydroxylation is 1. The lowest BCUT2D eigenvalue weighted by Crippen LogP contribution is -2.50. The van der Waals surface area contributed by atoms with Gasteiger partial charge in [0.1, 0.15) is 11.3 Å². The van der Waals surface area contributed by atoms with Crippen molar-refractivity contribution in [2.45, 2.75) is 39.7 Å². The molecule has 3 heterocycles. The van der Waals surface area contributed by atoms with Crippen LogP contribution in [0.15, 0.2) is 42.6 Å². The first-order valence-electron chi connectivity index (χ1n) is 11.2. The van der Waals surface area contributed by atoms with Crippen LogP contribution in [0.1, 0.15) is 38.1 Å². The summed E-state index contributed by atoms with van der Waals surface area (Å²) in [6.07, 6.45) is 2.74. The van der Waals surface area contributed by atoms with E-state index in [1.807, 2.05) is 41.4 Å². The molecule has 1 aromatic carbocycles. The first-order chi connectivity index (χ1) is 15.1. The Kier molecular flexibility index (Phi) is 6.51. The number of carbonyl (C=O) groups is 1. The van der Waals surface area contributed by atoms with Crippen LogP contribution in [0.25, 0.3) is 11.2 Å². The molecule has 1 saturated heterocycles. The highest BCUT2D eigenvalue weighted by molar-refractivity contribution is 5.90. The van der Waals surface area contributed by atoms with Gasteiger partial charge in [-0.25, -0.2) is 14.8 Å². The van der Waals surface area contributed by atoms with Gasteiger partial charge in [-0.15, -0.1) is 0 Å². The number of carbonyl (C=O) groups excluding carboxylic acids is 1. The summed E-state index contributed by atoms with van der Waals surface area (Å²) in [6, 6.07) is 12.0. The van der Waals surface area contributed by atoms with Gasteiger partial charge in [-0.1, -0.05) is 39.0 Å². The number of nitrogens with one attached hydrogen (secondary N) is 1. The molecule has 0 saturated carbocycles. The zero-order valence-corrected chi connectivity index (χ0v) is 18.7. The van der Waals surface area contributed by atoms with Crippen molar-refractivity contribution >= 4 is 22.9 Å². The van der Waals surface area contributed by atoms with Gasteiger partial charge in [0.15, 0.2) is 5.65 Å². The molecule has 1 aliphatic heterocycles. The van der Waals surface area contributed by atoms with Gasteiger partial charge in [-0.3, -0.25) is 4.90 Å². The van der Waals surface area contributed by atoms with E-state index in [-0.39, 0.29) is 6.03 Å². The number of para-hydroxylation sites is 1. The molecule has 7 nitrogen and oxygen atoms in total. The lowest BCUT2D eigenvalue weighted by atomic mass is 10.1. The Labute approximate surface area is 184 Å². The molecule has 2 aromatic heterocycles. The molecule has 0 aliphatic carbocycles. The molecule has 164 valence electrons. The van der Waals surface area contributed by atoms with E-state index >= 15 is 0 Å². The van der Waals surface area contributed by atoms with Gasteiger partial charge in [0.2, 0.25) is 0 Å². The summed E-state index contributed by atoms with van der Waals surface area (Å²) in [5, 5.41) is 3.09. The highest BCUT2D eigenvalue weighted by atomic mass is 16.2. The van der Waals surface area contributed by atoms with Crippen molar-refractivity contribution in [1.82, 2.24) is 24.3 Å². The van der Waals surface area contributed by atoms with Gasteiger partial charge in [-0.05, 0) is 30.2 Å². The number of nitrogens with zero attached hydrogens (tertiary/aromatic N) is 5. The van der Waals surface area contributed by atoms with E-state index in [1.165, 1.54) is 0 Å². The lowest BCUT2D eigenvalue weighted by Gasteiger charge is -2.35. The summed E-state index contributed by atoms with van der Waals surface area (Å²) in [4.78, 5) is 26.4. The summed E-state index contributed by atoms with van der Waals surface area (Å²) in [7, 11) is 0. The highest BCUT2D eigenvalue weighted by Gasteiger charge is 2.22. The first-order valence-corrected chi connectivity index (χ1v) is 11.2. The van der Waals surface area contributed by atoms with Crippen molar-refractivity contribution in [2.75, 3.05) is 38.0 Å². The van der Waals surface area contributed by atoms with E-state index in [2.05, 4.69) is 46.6 Å². The quantitative estimate of drug-likeness (QED) is 0.655. The summed E-state index contributed by atoms with van der Waals surface area (Å²) in [5.74, 6) is 1.43. The third-order valence-corrected chi connectivity index (χ3v) is 5.99. The van der Waals surface area contributed by atoms with Crippen molar-refractivity contribution in [3.8, 4) is 0 Å². The molecular formula is C24H32N6O. The molecule has 1 fully saturated rings. The SMILES string of the molecule is CCc1ccccc1NC(=O)N1CCN(CCn2c(C(C)C)nc3cccnc32)CC1. The Morgan fingerprint density at radius 2 is 1.84 bits per heavy atom. The summed E-state index contributed by atoms with van der Waals surface area (Å²) in [6.45, 7) is 11.5. The highest BCUT2D eigenvalue weighted by Crippen LogP contribution is 2.20. The minimum Gasteiger partial charge on any atom is -0.322 e. The zero-order chi connectivity index (χ0) is 21.8. The largest absolute Gasteiger partial charge is 0.322 e. The monoisotopic (exact) mass is 420 g/mol. The lowest BCUT2D eigenvalue weighted by molar-refractivity contribution is 0.144. The predicted octanol–water partition coefficient (Wildman–Crippen LogP) is 3.97. The van der Waals surface area contributed by atoms with Crippen LogP contribution in [0.4, 0.5) is 10.5 Å². The van der Waals surface area contributed by atoms with Crippen LogP contribution >= 0.6 is 0 Å². The molecule has 7 heteroatoms. The van der Waals surface area contributed by atoms with Crippen LogP contribution in [0.5, 0.6) is 0 Å². The van der Waals surface area contributed by atoms with Crippen LogP contribution in [-0.4, -0.2) is 63.1 Å². The molecule has 0 radical (unpaired) electrons. The number of aromatic nitrogens is 3. The fourth-order valence-electron chi connectivity index (χ4n) is 4.20. The van der Waals surface area contributed by atoms with Crippen molar-refractivity contribution in [1.29, 1.82) is 0 Å². The summed E-state index contributed by atoms with van der Waals surface area (Å²) < 4.78 is 2.25. The molecule has 2 amide bonds. The number of imidazole rings is 1. The van der Waals surface area contributed by atoms with Gasteiger partial charge in [0.25, 0.3) is 0 Å². The molecule has 31 heavy (non-hydrogen) atoms. The van der Waals surface area contributed by atoms with E-state index in [4.69, 9.17) is 4.98 Å². The fourth-order valence-corrected chi connectivity index (χ4v) is 4.20. The summed E-state index contributed by atoms with van der Waals surface area (Å²) in [5.41, 5.74) is 3.99. The molecule has 3 aromatic rings. The van der Waals surface area contributed by atoms with Crippen LogP contribution < -0.4 is 5.32 Å². The molecule has 0 atom stereocenters. The zero-order valence-electron chi connectivity index (χ0n) is 18.7. The van der Waals surface area contributed by atoms with E-state index in [1.54, 1.807) is 0 Å². The van der Waals surface area contributed by atoms with Crippen molar-refractivity contribution in [3.05, 3.63) is 54.0 Å². The normalized spacial score (nSPS) is 15.0. The molecule has 0 bridgehead atoms. The molecular weight excluding hydrogens is 388 g/mol. The average molecular weight is 421 g/mol. The van der Waals surface area contributed by atoms with Crippen LogP contribution in [0, 0.1) is 0 Å². The number of urea groups is 1. The maximum atomic E-state index is 12.7. The molecule has 1 N–H and O–H groups in total. The number of fused-ring (bicyclic) bond motifs is 1. The number of benzene rings is 1. The van der Waals surface area contributed by atoms with Crippen molar-refractivity contribution < 1.29 is 4.79 Å². The number of piperazine rings is 1. The Morgan fingerprint density at radius 3 is 2.58 bits per heavy atom. The molecule has 4 rings (SSSR count). The van der Waals surface area contributed by atoms with E-state index in [0.29, 0.717) is 5.92 Å². The van der Waals surface area contributed by atoms with Crippen molar-refractivity contribution in [3.63, 3.8) is 0 Å². The number of anilines is 1. The van der Waals surface area contributed by atoms with Gasteiger partial charge in [0, 0.05) is 57.1 Å². The topological polar surface area (TPSA) is 66.3 Å². The second-order valence-electron chi connectivity index (χ2n) is 8.39. The molecule has 1 aliphatic rings. The standard InChI is InChI=1S/C24H32N6O/c1-4-19-8-5-6-9-20(19)27-24(31)29-15-12-28(13-16-29)14-17-30-22(18(2)3)26-21-10-7-11-25-23(21)30/h5-11,18H,4,12-17H2,1-3H3,(H,27,31). The van der Waals surface area contributed by atoms with E-state index in [0.717, 1.165) is 73.9 Å². The summed E-state index contributed by atoms with van der Waals surface area (Å²) >= 11 is 0. The Bertz CT molecular complexity index is 1040. The van der Waals surface area contributed by atoms with Crippen LogP contribution in [0.2, 0.25) is 0 Å². The number of hydrogen-bond acceptors (Lipinski definition) is 4. The third-order valence-electron chi connectivity index (χ3n) is 5.99. The maximum absolute atomic E-state index is 12.7. The van der Waals surface area contributed by atoms with Crippen molar-refractivity contribution in [2.24, 2.45) is 0 Å². The third kappa shape index (κ3) is 4.71. The van der Waals surface area contributed by atoms with Crippen LogP contribution in [0.3, 0.4) is 0 Å². The van der Waals surface area contributed by atoms with Gasteiger partial charge in [0.05, 0.1) is 0 Å². The Balaban J connectivity index is 1.33. The number of rotatable bonds is 6. The van der Waals surface area contributed by atoms with Crippen LogP contribution in [-0.2, 0) is 13.0 Å². The smallest absolute Gasteiger partial charge is 0.321 e. The number of amides is 2. The minimum absolute atomic E-state index is 0.00699. The average Bonchev–Trinajstić information content (AvgIpc) is 3.17. The van der Waals surface area contributed by atoms with Gasteiger partial charge < -0.3 is 14.8 Å². The second-order valence-corrected chi connectivity index (χ2v) is 8.39. The number of hydrogen-bond donors (Lipinski definition) is 1. The second kappa shape index (κ2) is 9.47. The number of pyridine rings is 1. The maximum Gasteiger partial charge on any atom is 0.321 e. The van der Waals surface area contributed by atoms with Gasteiger partial charge >= 0.3 is 6.03 Å². The molecule has 0 spiro atoms. The fraction of sp³-hybridized carbons (Fsp3) is 0.458. The Morgan fingerprint density at radius 1 is 1.06 bits per heavy atom. The minimum atomic E-state index is -0.00699. The predicted molar refractivity (Wildman–Crippen MR) is 124 cm³/mol. The Hall–Kier alpha value is -2.93. The molecule has 0 unspecified atom stereocenters. The van der Waals surface area contributed by atoms with E-state index < -0.39 is 0 Å². The van der Waals surface area contributed by atoms with E-state index in [9.17, 15) is 4.79 Å².